The van der Waals surface area contributed by atoms with Gasteiger partial charge < -0.3 is 28.9 Å². The number of unbranched alkanes of at least 4 members (excludes halogenated alkanes) is 2. The first-order valence-electron chi connectivity index (χ1n) is 12.6. The van der Waals surface area contributed by atoms with E-state index >= 15 is 0 Å². The third kappa shape index (κ3) is 8.87. The Morgan fingerprint density at radius 3 is 2.32 bits per heavy atom. The van der Waals surface area contributed by atoms with E-state index in [1.807, 2.05) is 37.3 Å². The van der Waals surface area contributed by atoms with Crippen molar-refractivity contribution in [1.29, 1.82) is 0 Å². The largest absolute Gasteiger partial charge is 0.488 e. The highest BCUT2D eigenvalue weighted by molar-refractivity contribution is 7.68. The molecule has 0 spiro atoms. The van der Waals surface area contributed by atoms with Crippen LogP contribution in [0.15, 0.2) is 52.2 Å². The minimum atomic E-state index is -5.51. The van der Waals surface area contributed by atoms with Crippen LogP contribution in [-0.2, 0) is 47.5 Å². The van der Waals surface area contributed by atoms with Gasteiger partial charge in [-0.3, -0.25) is 23.4 Å². The Hall–Kier alpha value is -1.77. The molecule has 2 aliphatic heterocycles. The van der Waals surface area contributed by atoms with Crippen LogP contribution in [-0.4, -0.2) is 61.6 Å². The number of aromatic amines is 1. The summed E-state index contributed by atoms with van der Waals surface area (Å²) < 4.78 is 68.9. The molecule has 0 radical (unpaired) electrons. The van der Waals surface area contributed by atoms with E-state index in [4.69, 9.17) is 18.7 Å². The summed E-state index contributed by atoms with van der Waals surface area (Å²) in [7, 11) is -15.5. The number of nitrogens with one attached hydrogen (secondary N) is 1. The van der Waals surface area contributed by atoms with Crippen LogP contribution in [0.3, 0.4) is 0 Å². The van der Waals surface area contributed by atoms with Gasteiger partial charge in [-0.15, -0.1) is 0 Å². The topological polar surface area (TPSA) is 222 Å². The van der Waals surface area contributed by atoms with Crippen molar-refractivity contribution in [2.24, 2.45) is 0 Å². The van der Waals surface area contributed by atoms with Gasteiger partial charge in [-0.2, -0.15) is 4.31 Å². The number of rotatable bonds is 14. The fraction of sp³-hybridized carbons (Fsp3) is 0.545. The summed E-state index contributed by atoms with van der Waals surface area (Å²) >= 11 is 0. The fourth-order valence-corrected chi connectivity index (χ4v) is 8.58. The maximum absolute atomic E-state index is 12.5. The molecule has 0 bridgehead atoms. The number of H-pyrrole nitrogens is 1. The average Bonchev–Trinajstić information content (AvgIpc) is 3.41. The molecule has 8 atom stereocenters. The van der Waals surface area contributed by atoms with E-state index in [2.05, 4.69) is 13.6 Å². The predicted molar refractivity (Wildman–Crippen MR) is 141 cm³/mol. The monoisotopic (exact) mass is 640 g/mol. The van der Waals surface area contributed by atoms with Crippen molar-refractivity contribution in [2.75, 3.05) is 12.8 Å². The van der Waals surface area contributed by atoms with E-state index in [1.165, 1.54) is 6.20 Å². The number of ether oxygens (including phenoxy) is 3. The van der Waals surface area contributed by atoms with E-state index in [0.717, 1.165) is 16.2 Å². The van der Waals surface area contributed by atoms with E-state index in [1.54, 1.807) is 0 Å². The molecule has 0 saturated carbocycles. The van der Waals surface area contributed by atoms with Gasteiger partial charge in [0.1, 0.15) is 18.3 Å². The Balaban J connectivity index is 1.45. The van der Waals surface area contributed by atoms with E-state index in [0.29, 0.717) is 19.3 Å². The van der Waals surface area contributed by atoms with Crippen LogP contribution in [0.1, 0.15) is 38.0 Å². The Bertz CT molecular complexity index is 1450. The Kier molecular flexibility index (Phi) is 10.4. The lowest BCUT2D eigenvalue weighted by Gasteiger charge is -2.22. The zero-order valence-corrected chi connectivity index (χ0v) is 24.5. The van der Waals surface area contributed by atoms with Gasteiger partial charge in [0.15, 0.2) is 12.5 Å². The molecule has 1 aromatic heterocycles. The van der Waals surface area contributed by atoms with Crippen molar-refractivity contribution in [3.05, 3.63) is 69.0 Å². The van der Waals surface area contributed by atoms with Crippen LogP contribution in [0.2, 0.25) is 0 Å². The van der Waals surface area contributed by atoms with Crippen LogP contribution in [0.5, 0.6) is 0 Å². The molecule has 19 heteroatoms. The lowest BCUT2D eigenvalue weighted by molar-refractivity contribution is -0.150. The first-order valence-corrected chi connectivity index (χ1v) is 17.4. The van der Waals surface area contributed by atoms with Gasteiger partial charge in [0.2, 0.25) is 0 Å². The number of nitrogens with zero attached hydrogens (tertiary/aromatic N) is 1. The van der Waals surface area contributed by atoms with Gasteiger partial charge in [0, 0.05) is 18.7 Å². The highest BCUT2D eigenvalue weighted by Crippen LogP contribution is 2.67. The molecule has 3 heterocycles. The second kappa shape index (κ2) is 13.3. The molecule has 5 unspecified atom stereocenters. The molecule has 0 amide bonds. The van der Waals surface area contributed by atoms with E-state index in [-0.39, 0.29) is 6.42 Å². The number of fused-ring (bicyclic) bond motifs is 1. The highest BCUT2D eigenvalue weighted by Gasteiger charge is 2.54. The standard InChI is InChI=1S/C22H31N2O14P3/c1-2-3-7-12-39(27,28)37-41(31,32)38-40(29,30)33-14-16-19-20(21(34-16)24-11-10-17(25)23-22(24)26)36-18(35-19)13-15-8-5-4-6-9-15/h4-6,8-11,16,18-21H,2-3,7,12-14H2,1H3,(H,27,28)(H,29,30)(H,31,32)(H,23,25,26)/t16-,18?,19?,20+,21-/m1/s1. The first kappa shape index (κ1) is 32.2. The van der Waals surface area contributed by atoms with E-state index < -0.39 is 78.1 Å². The predicted octanol–water partition coefficient (Wildman–Crippen LogP) is 2.41. The van der Waals surface area contributed by atoms with Crippen LogP contribution in [0.25, 0.3) is 0 Å². The Morgan fingerprint density at radius 1 is 0.927 bits per heavy atom. The van der Waals surface area contributed by atoms with Gasteiger partial charge in [0.05, 0.1) is 12.8 Å². The molecule has 2 fully saturated rings. The zero-order valence-electron chi connectivity index (χ0n) is 21.8. The van der Waals surface area contributed by atoms with Crippen molar-refractivity contribution in [1.82, 2.24) is 9.55 Å². The van der Waals surface area contributed by atoms with Crippen molar-refractivity contribution in [3.8, 4) is 0 Å². The number of phosphoric acid groups is 2. The van der Waals surface area contributed by atoms with Gasteiger partial charge in [-0.25, -0.2) is 18.2 Å². The molecule has 41 heavy (non-hydrogen) atoms. The number of aromatic nitrogens is 2. The molecule has 4 rings (SSSR count). The molecule has 0 aliphatic carbocycles. The first-order chi connectivity index (χ1) is 19.3. The second-order valence-electron chi connectivity index (χ2n) is 9.37. The molecular weight excluding hydrogens is 609 g/mol. The summed E-state index contributed by atoms with van der Waals surface area (Å²) in [6.07, 6.45) is -2.45. The molecular formula is C22H31N2O14P3. The molecule has 2 saturated heterocycles. The van der Waals surface area contributed by atoms with Crippen molar-refractivity contribution in [2.45, 2.75) is 63.4 Å². The summed E-state index contributed by atoms with van der Waals surface area (Å²) in [4.78, 5) is 55.8. The SMILES string of the molecule is CCCCCP(=O)(O)OP(=O)(O)OP(=O)(O)OC[C@H]1O[C@@H](n2ccc(=O)[nH]c2=O)[C@H]2OC(Cc3ccccc3)OC12. The lowest BCUT2D eigenvalue weighted by atomic mass is 10.1. The molecule has 16 nitrogen and oxygen atoms in total. The van der Waals surface area contributed by atoms with Crippen LogP contribution in [0.4, 0.5) is 0 Å². The number of benzene rings is 1. The lowest BCUT2D eigenvalue weighted by Crippen LogP contribution is -2.36. The Labute approximate surface area is 233 Å². The second-order valence-corrected chi connectivity index (χ2v) is 14.5. The van der Waals surface area contributed by atoms with Gasteiger partial charge in [0.25, 0.3) is 5.56 Å². The molecule has 1 aromatic carbocycles. The van der Waals surface area contributed by atoms with Gasteiger partial charge in [-0.1, -0.05) is 50.1 Å². The van der Waals surface area contributed by atoms with Gasteiger partial charge >= 0.3 is 28.9 Å². The third-order valence-corrected chi connectivity index (χ3v) is 11.0. The summed E-state index contributed by atoms with van der Waals surface area (Å²) in [5.41, 5.74) is -0.565. The zero-order chi connectivity index (χ0) is 29.8. The summed E-state index contributed by atoms with van der Waals surface area (Å²) in [6, 6.07) is 10.3. The normalized spacial score (nSPS) is 28.4. The highest BCUT2D eigenvalue weighted by atomic mass is 31.3. The van der Waals surface area contributed by atoms with Crippen LogP contribution < -0.4 is 11.2 Å². The number of phosphoric ester groups is 1. The van der Waals surface area contributed by atoms with Crippen LogP contribution in [0, 0.1) is 0 Å². The summed E-state index contributed by atoms with van der Waals surface area (Å²) in [5.74, 6) is 0. The quantitative estimate of drug-likeness (QED) is 0.172. The summed E-state index contributed by atoms with van der Waals surface area (Å²) in [6.45, 7) is 1.09. The third-order valence-electron chi connectivity index (χ3n) is 6.16. The van der Waals surface area contributed by atoms with Crippen molar-refractivity contribution < 1.29 is 55.7 Å². The minimum Gasteiger partial charge on any atom is -0.346 e. The van der Waals surface area contributed by atoms with Crippen molar-refractivity contribution in [3.63, 3.8) is 0 Å². The van der Waals surface area contributed by atoms with Gasteiger partial charge in [-0.05, 0) is 12.0 Å². The maximum atomic E-state index is 12.5. The van der Waals surface area contributed by atoms with E-state index in [9.17, 15) is 38.0 Å². The number of hydrogen-bond donors (Lipinski definition) is 4. The maximum Gasteiger partial charge on any atom is 0.488 e. The average molecular weight is 640 g/mol. The smallest absolute Gasteiger partial charge is 0.346 e. The molecule has 4 N–H and O–H groups in total. The number of hydrogen-bond acceptors (Lipinski definition) is 11. The summed E-state index contributed by atoms with van der Waals surface area (Å²) in [5, 5.41) is 0. The minimum absolute atomic E-state index is 0.214. The molecule has 2 aromatic rings. The fourth-order valence-electron chi connectivity index (χ4n) is 4.39. The Morgan fingerprint density at radius 2 is 1.63 bits per heavy atom. The molecule has 2 aliphatic rings. The molecule has 228 valence electrons. The van der Waals surface area contributed by atoms with Crippen molar-refractivity contribution >= 4 is 23.2 Å². The van der Waals surface area contributed by atoms with Crippen LogP contribution >= 0.6 is 23.2 Å².